The number of methoxy groups -OCH3 is 2. The molecule has 208 valence electrons. The lowest BCUT2D eigenvalue weighted by molar-refractivity contribution is -0.114. The van der Waals surface area contributed by atoms with E-state index < -0.39 is 0 Å². The Labute approximate surface area is 245 Å². The molecule has 0 radical (unpaired) electrons. The van der Waals surface area contributed by atoms with Gasteiger partial charge in [-0.3, -0.25) is 9.59 Å². The van der Waals surface area contributed by atoms with E-state index in [1.54, 1.807) is 26.4 Å². The average Bonchev–Trinajstić information content (AvgIpc) is 2.99. The highest BCUT2D eigenvalue weighted by atomic mass is 32.2. The molecular formula is C34H32N2O4S. The van der Waals surface area contributed by atoms with E-state index in [1.807, 2.05) is 77.7 Å². The van der Waals surface area contributed by atoms with Crippen LogP contribution in [-0.2, 0) is 17.8 Å². The van der Waals surface area contributed by atoms with Gasteiger partial charge < -0.3 is 19.7 Å². The highest BCUT2D eigenvalue weighted by Crippen LogP contribution is 2.42. The van der Waals surface area contributed by atoms with Crippen LogP contribution in [0.5, 0.6) is 11.5 Å². The van der Waals surface area contributed by atoms with Crippen LogP contribution in [0, 0.1) is 6.92 Å². The van der Waals surface area contributed by atoms with Gasteiger partial charge >= 0.3 is 0 Å². The maximum absolute atomic E-state index is 13.6. The number of fused-ring (bicyclic) bond motifs is 1. The van der Waals surface area contributed by atoms with Gasteiger partial charge in [0, 0.05) is 17.0 Å². The lowest BCUT2D eigenvalue weighted by atomic mass is 10.1. The standard InChI is InChI=1S/C34H32N2O4S/c1-23-7-6-8-25(19-23)22-36-29-9-4-5-10-31(29)41-32(34(36)38)20-24-11-13-26(14-12-24)33(37)35-18-17-27-21-28(39-2)15-16-30(27)40-3/h4-16,19-21H,17-18,22H2,1-3H3,(H,35,37). The number of anilines is 1. The van der Waals surface area contributed by atoms with E-state index in [-0.39, 0.29) is 11.8 Å². The van der Waals surface area contributed by atoms with Crippen molar-refractivity contribution >= 4 is 35.3 Å². The van der Waals surface area contributed by atoms with Crippen molar-refractivity contribution in [2.24, 2.45) is 0 Å². The van der Waals surface area contributed by atoms with Gasteiger partial charge in [-0.2, -0.15) is 0 Å². The van der Waals surface area contributed by atoms with Crippen LogP contribution < -0.4 is 19.7 Å². The lowest BCUT2D eigenvalue weighted by Gasteiger charge is -2.30. The third-order valence-electron chi connectivity index (χ3n) is 6.89. The SMILES string of the molecule is COc1ccc(OC)c(CCNC(=O)c2ccc(C=C3Sc4ccccc4N(Cc4cccc(C)c4)C3=O)cc2)c1. The molecule has 0 fully saturated rings. The molecule has 4 aromatic rings. The number of thioether (sulfide) groups is 1. The summed E-state index contributed by atoms with van der Waals surface area (Å²) in [5.74, 6) is 1.30. The van der Waals surface area contributed by atoms with Crippen LogP contribution in [0.25, 0.3) is 6.08 Å². The Balaban J connectivity index is 1.27. The number of carbonyl (C=O) groups is 2. The van der Waals surface area contributed by atoms with E-state index in [4.69, 9.17) is 9.47 Å². The summed E-state index contributed by atoms with van der Waals surface area (Å²) in [5, 5.41) is 2.97. The van der Waals surface area contributed by atoms with Gasteiger partial charge in [-0.05, 0) is 78.6 Å². The molecule has 7 heteroatoms. The summed E-state index contributed by atoms with van der Waals surface area (Å²) in [6.07, 6.45) is 2.50. The van der Waals surface area contributed by atoms with E-state index in [0.29, 0.717) is 30.0 Å². The van der Waals surface area contributed by atoms with E-state index in [2.05, 4.69) is 24.4 Å². The quantitative estimate of drug-likeness (QED) is 0.230. The number of carbonyl (C=O) groups excluding carboxylic acids is 2. The molecule has 1 aliphatic heterocycles. The average molecular weight is 565 g/mol. The first kappa shape index (κ1) is 28.1. The van der Waals surface area contributed by atoms with Crippen molar-refractivity contribution in [2.45, 2.75) is 24.8 Å². The minimum Gasteiger partial charge on any atom is -0.497 e. The van der Waals surface area contributed by atoms with Crippen LogP contribution in [0.1, 0.15) is 32.6 Å². The summed E-state index contributed by atoms with van der Waals surface area (Å²) >= 11 is 1.47. The minimum absolute atomic E-state index is 0.0370. The largest absolute Gasteiger partial charge is 0.497 e. The molecule has 1 N–H and O–H groups in total. The normalized spacial score (nSPS) is 13.6. The summed E-state index contributed by atoms with van der Waals surface area (Å²) in [6.45, 7) is 3.00. The van der Waals surface area contributed by atoms with Gasteiger partial charge in [0.25, 0.3) is 11.8 Å². The molecule has 1 aliphatic rings. The number of aryl methyl sites for hydroxylation is 1. The van der Waals surface area contributed by atoms with Gasteiger partial charge in [-0.1, -0.05) is 65.9 Å². The lowest BCUT2D eigenvalue weighted by Crippen LogP contribution is -2.33. The second-order valence-corrected chi connectivity index (χ2v) is 10.8. The van der Waals surface area contributed by atoms with Crippen molar-refractivity contribution in [2.75, 3.05) is 25.7 Å². The summed E-state index contributed by atoms with van der Waals surface area (Å²) in [5.41, 5.74) is 5.53. The molecule has 0 aromatic heterocycles. The predicted octanol–water partition coefficient (Wildman–Crippen LogP) is 6.66. The van der Waals surface area contributed by atoms with Gasteiger partial charge in [0.05, 0.1) is 31.4 Å². The number of nitrogens with one attached hydrogen (secondary N) is 1. The van der Waals surface area contributed by atoms with Crippen molar-refractivity contribution in [1.82, 2.24) is 5.32 Å². The van der Waals surface area contributed by atoms with Crippen LogP contribution in [0.15, 0.2) is 101 Å². The molecule has 41 heavy (non-hydrogen) atoms. The summed E-state index contributed by atoms with van der Waals surface area (Å²) in [6, 6.07) is 29.1. The third kappa shape index (κ3) is 6.64. The maximum atomic E-state index is 13.6. The Morgan fingerprint density at radius 3 is 2.49 bits per heavy atom. The second-order valence-electron chi connectivity index (χ2n) is 9.76. The highest BCUT2D eigenvalue weighted by Gasteiger charge is 2.29. The first-order valence-electron chi connectivity index (χ1n) is 13.4. The molecule has 0 saturated heterocycles. The maximum Gasteiger partial charge on any atom is 0.265 e. The number of hydrogen-bond acceptors (Lipinski definition) is 5. The van der Waals surface area contributed by atoms with Crippen LogP contribution in [0.3, 0.4) is 0 Å². The molecule has 1 heterocycles. The molecule has 4 aromatic carbocycles. The zero-order valence-corrected chi connectivity index (χ0v) is 24.2. The van der Waals surface area contributed by atoms with E-state index in [0.717, 1.165) is 44.3 Å². The first-order chi connectivity index (χ1) is 19.9. The Morgan fingerprint density at radius 1 is 0.927 bits per heavy atom. The third-order valence-corrected chi connectivity index (χ3v) is 7.97. The summed E-state index contributed by atoms with van der Waals surface area (Å²) in [4.78, 5) is 29.9. The van der Waals surface area contributed by atoms with E-state index in [9.17, 15) is 9.59 Å². The molecule has 0 unspecified atom stereocenters. The smallest absolute Gasteiger partial charge is 0.265 e. The molecule has 0 bridgehead atoms. The topological polar surface area (TPSA) is 67.9 Å². The predicted molar refractivity (Wildman–Crippen MR) is 165 cm³/mol. The van der Waals surface area contributed by atoms with Gasteiger partial charge in [-0.15, -0.1) is 0 Å². The van der Waals surface area contributed by atoms with Gasteiger partial charge in [0.1, 0.15) is 11.5 Å². The zero-order valence-electron chi connectivity index (χ0n) is 23.3. The number of nitrogens with zero attached hydrogens (tertiary/aromatic N) is 1. The monoisotopic (exact) mass is 564 g/mol. The van der Waals surface area contributed by atoms with Gasteiger partial charge in [0.15, 0.2) is 0 Å². The second kappa shape index (κ2) is 12.8. The van der Waals surface area contributed by atoms with Gasteiger partial charge in [-0.25, -0.2) is 0 Å². The number of ether oxygens (including phenoxy) is 2. The molecule has 2 amide bonds. The van der Waals surface area contributed by atoms with Crippen molar-refractivity contribution in [1.29, 1.82) is 0 Å². The van der Waals surface area contributed by atoms with E-state index >= 15 is 0 Å². The Kier molecular flexibility index (Phi) is 8.75. The number of amides is 2. The van der Waals surface area contributed by atoms with Crippen molar-refractivity contribution in [3.63, 3.8) is 0 Å². The molecule has 5 rings (SSSR count). The van der Waals surface area contributed by atoms with Crippen LogP contribution in [0.4, 0.5) is 5.69 Å². The van der Waals surface area contributed by atoms with Crippen molar-refractivity contribution in [3.05, 3.63) is 124 Å². The first-order valence-corrected chi connectivity index (χ1v) is 14.2. The fraction of sp³-hybridized carbons (Fsp3) is 0.176. The molecule has 0 atom stereocenters. The minimum atomic E-state index is -0.160. The molecule has 0 spiro atoms. The number of benzene rings is 4. The highest BCUT2D eigenvalue weighted by molar-refractivity contribution is 8.04. The molecular weight excluding hydrogens is 532 g/mol. The van der Waals surface area contributed by atoms with Crippen LogP contribution in [0.2, 0.25) is 0 Å². The zero-order chi connectivity index (χ0) is 28.8. The Hall–Kier alpha value is -4.49. The van der Waals surface area contributed by atoms with Crippen LogP contribution in [-0.4, -0.2) is 32.6 Å². The number of hydrogen-bond donors (Lipinski definition) is 1. The number of para-hydroxylation sites is 1. The van der Waals surface area contributed by atoms with Crippen LogP contribution >= 0.6 is 11.8 Å². The Bertz CT molecular complexity index is 1600. The molecule has 6 nitrogen and oxygen atoms in total. The number of rotatable bonds is 9. The summed E-state index contributed by atoms with van der Waals surface area (Å²) < 4.78 is 10.7. The summed E-state index contributed by atoms with van der Waals surface area (Å²) in [7, 11) is 3.25. The fourth-order valence-corrected chi connectivity index (χ4v) is 5.84. The van der Waals surface area contributed by atoms with Crippen molar-refractivity contribution in [3.8, 4) is 11.5 Å². The molecule has 0 saturated carbocycles. The van der Waals surface area contributed by atoms with E-state index in [1.165, 1.54) is 11.8 Å². The van der Waals surface area contributed by atoms with Crippen molar-refractivity contribution < 1.29 is 19.1 Å². The molecule has 0 aliphatic carbocycles. The van der Waals surface area contributed by atoms with Gasteiger partial charge in [0.2, 0.25) is 0 Å². The Morgan fingerprint density at radius 2 is 1.73 bits per heavy atom. The fourth-order valence-electron chi connectivity index (χ4n) is 4.78.